The predicted molar refractivity (Wildman–Crippen MR) is 103 cm³/mol. The van der Waals surface area contributed by atoms with E-state index in [0.717, 1.165) is 6.92 Å². The molecule has 0 spiro atoms. The Hall–Kier alpha value is -2.10. The summed E-state index contributed by atoms with van der Waals surface area (Å²) >= 11 is 3.66. The molecular formula is C18H12F12N2S2. The summed E-state index contributed by atoms with van der Waals surface area (Å²) in [6.07, 6.45) is -21.2. The van der Waals surface area contributed by atoms with Crippen molar-refractivity contribution in [1.82, 2.24) is 0 Å². The maximum Gasteiger partial charge on any atom is 0.418 e. The van der Waals surface area contributed by atoms with E-state index in [-0.39, 0.29) is 23.9 Å². The highest BCUT2D eigenvalue weighted by molar-refractivity contribution is 8.00. The third-order valence-corrected chi connectivity index (χ3v) is 5.40. The van der Waals surface area contributed by atoms with Crippen LogP contribution in [-0.2, 0) is 24.7 Å². The largest absolute Gasteiger partial charge is 0.418 e. The van der Waals surface area contributed by atoms with Crippen molar-refractivity contribution in [1.29, 1.82) is 0 Å². The van der Waals surface area contributed by atoms with Gasteiger partial charge in [-0.3, -0.25) is 0 Å². The number of thiol groups is 1. The van der Waals surface area contributed by atoms with Gasteiger partial charge in [-0.25, -0.2) is 0 Å². The number of benzene rings is 2. The fourth-order valence-electron chi connectivity index (χ4n) is 2.83. The lowest BCUT2D eigenvalue weighted by Gasteiger charge is -2.24. The van der Waals surface area contributed by atoms with Crippen molar-refractivity contribution >= 4 is 35.8 Å². The fourth-order valence-corrected chi connectivity index (χ4v) is 4.05. The topological polar surface area (TPSA) is 38.0 Å². The Kier molecular flexibility index (Phi) is 7.59. The molecular weight excluding hydrogens is 536 g/mol. The van der Waals surface area contributed by atoms with Gasteiger partial charge in [-0.1, -0.05) is 0 Å². The molecule has 0 bridgehead atoms. The molecule has 0 aliphatic rings. The number of nitrogen functional groups attached to an aromatic ring is 1. The van der Waals surface area contributed by atoms with E-state index < -0.39 is 73.5 Å². The molecule has 190 valence electrons. The molecule has 2 aromatic rings. The van der Waals surface area contributed by atoms with E-state index in [1.54, 1.807) is 0 Å². The highest BCUT2D eigenvalue weighted by Crippen LogP contribution is 2.47. The first-order valence-corrected chi connectivity index (χ1v) is 9.97. The van der Waals surface area contributed by atoms with Crippen molar-refractivity contribution in [3.05, 3.63) is 46.5 Å². The highest BCUT2D eigenvalue weighted by atomic mass is 32.2. The van der Waals surface area contributed by atoms with Crippen LogP contribution in [0.3, 0.4) is 0 Å². The molecule has 0 saturated heterocycles. The van der Waals surface area contributed by atoms with E-state index in [4.69, 9.17) is 5.73 Å². The Morgan fingerprint density at radius 2 is 1.06 bits per heavy atom. The zero-order valence-corrected chi connectivity index (χ0v) is 18.1. The zero-order chi connectivity index (χ0) is 26.4. The molecule has 0 radical (unpaired) electrons. The second kappa shape index (κ2) is 9.17. The molecule has 3 N–H and O–H groups in total. The summed E-state index contributed by atoms with van der Waals surface area (Å²) in [6, 6.07) is 1.04. The third kappa shape index (κ3) is 6.52. The number of hydrogen-bond acceptors (Lipinski definition) is 4. The molecule has 0 aliphatic heterocycles. The van der Waals surface area contributed by atoms with Crippen LogP contribution in [0.2, 0.25) is 0 Å². The fraction of sp³-hybridized carbons (Fsp3) is 0.333. The lowest BCUT2D eigenvalue weighted by Crippen LogP contribution is -2.21. The molecule has 0 aromatic heterocycles. The monoisotopic (exact) mass is 548 g/mol. The van der Waals surface area contributed by atoms with E-state index in [9.17, 15) is 52.7 Å². The van der Waals surface area contributed by atoms with Gasteiger partial charge in [0.15, 0.2) is 0 Å². The number of thioether (sulfide) groups is 1. The van der Waals surface area contributed by atoms with Crippen molar-refractivity contribution in [2.45, 2.75) is 46.8 Å². The van der Waals surface area contributed by atoms with Crippen molar-refractivity contribution in [3.8, 4) is 0 Å². The maximum absolute atomic E-state index is 13.4. The van der Waals surface area contributed by atoms with E-state index >= 15 is 0 Å². The summed E-state index contributed by atoms with van der Waals surface area (Å²) in [6.45, 7) is 0.955. The van der Waals surface area contributed by atoms with E-state index in [1.807, 2.05) is 5.32 Å². The van der Waals surface area contributed by atoms with Crippen LogP contribution in [0.5, 0.6) is 0 Å². The van der Waals surface area contributed by atoms with Crippen LogP contribution in [0.1, 0.15) is 29.2 Å². The molecule has 0 saturated carbocycles. The summed E-state index contributed by atoms with van der Waals surface area (Å²) in [5, 5.41) is 0.337. The molecule has 1 atom stereocenters. The van der Waals surface area contributed by atoms with Gasteiger partial charge in [-0.05, 0) is 31.2 Å². The quantitative estimate of drug-likeness (QED) is 0.119. The third-order valence-electron chi connectivity index (χ3n) is 4.16. The Balaban J connectivity index is 2.56. The van der Waals surface area contributed by atoms with Crippen LogP contribution in [-0.4, -0.2) is 5.37 Å². The van der Waals surface area contributed by atoms with Crippen LogP contribution in [0.15, 0.2) is 34.1 Å². The predicted octanol–water partition coefficient (Wildman–Crippen LogP) is 8.18. The van der Waals surface area contributed by atoms with E-state index in [2.05, 4.69) is 12.6 Å². The van der Waals surface area contributed by atoms with Gasteiger partial charge >= 0.3 is 24.7 Å². The first-order valence-electron chi connectivity index (χ1n) is 8.65. The zero-order valence-electron chi connectivity index (χ0n) is 16.4. The Bertz CT molecular complexity index is 985. The van der Waals surface area contributed by atoms with Crippen LogP contribution in [0.25, 0.3) is 0 Å². The van der Waals surface area contributed by atoms with E-state index in [1.165, 1.54) is 0 Å². The molecule has 34 heavy (non-hydrogen) atoms. The number of nitrogens with two attached hydrogens (primary N) is 1. The average Bonchev–Trinajstić information content (AvgIpc) is 2.60. The van der Waals surface area contributed by atoms with Crippen molar-refractivity contribution in [3.63, 3.8) is 0 Å². The van der Waals surface area contributed by atoms with Crippen molar-refractivity contribution in [2.75, 3.05) is 11.1 Å². The number of rotatable bonds is 4. The Morgan fingerprint density at radius 3 is 1.38 bits per heavy atom. The molecule has 0 aliphatic carbocycles. The first-order chi connectivity index (χ1) is 15.1. The number of halogens is 12. The molecule has 16 heteroatoms. The standard InChI is InChI=1S/C18H12F12N2S2/c1-6(32-14-11(17(25,26)27)2-7(33)3-12(14)18(28,29)30)34-8-4-9(15(19,20)21)13(31)10(5-8)16(22,23)24/h2-6,32-33H,31H2,1H3. The smallest absolute Gasteiger partial charge is 0.398 e. The summed E-state index contributed by atoms with van der Waals surface area (Å²) in [5.41, 5.74) is -5.33. The van der Waals surface area contributed by atoms with Crippen molar-refractivity contribution in [2.24, 2.45) is 0 Å². The van der Waals surface area contributed by atoms with Gasteiger partial charge in [0.1, 0.15) is 0 Å². The molecule has 0 heterocycles. The van der Waals surface area contributed by atoms with Crippen LogP contribution in [0, 0.1) is 0 Å². The van der Waals surface area contributed by atoms with Gasteiger partial charge in [0.05, 0.1) is 39.0 Å². The minimum Gasteiger partial charge on any atom is -0.398 e. The minimum atomic E-state index is -5.31. The van der Waals surface area contributed by atoms with Crippen LogP contribution >= 0.6 is 24.4 Å². The Morgan fingerprint density at radius 1 is 0.706 bits per heavy atom. The lowest BCUT2D eigenvalue weighted by molar-refractivity contribution is -0.143. The summed E-state index contributed by atoms with van der Waals surface area (Å²) in [5.74, 6) is 0. The number of alkyl halides is 12. The van der Waals surface area contributed by atoms with Gasteiger partial charge < -0.3 is 11.1 Å². The summed E-state index contributed by atoms with van der Waals surface area (Å²) in [7, 11) is 0. The molecule has 1 unspecified atom stereocenters. The molecule has 0 fully saturated rings. The average molecular weight is 548 g/mol. The molecule has 0 amide bonds. The number of hydrogen-bond donors (Lipinski definition) is 3. The first kappa shape index (κ1) is 28.1. The summed E-state index contributed by atoms with van der Waals surface area (Å²) < 4.78 is 159. The highest BCUT2D eigenvalue weighted by Gasteiger charge is 2.43. The second-order valence-electron chi connectivity index (χ2n) is 6.74. The maximum atomic E-state index is 13.4. The van der Waals surface area contributed by atoms with Gasteiger partial charge in [0, 0.05) is 9.79 Å². The van der Waals surface area contributed by atoms with Gasteiger partial charge in [0.2, 0.25) is 0 Å². The van der Waals surface area contributed by atoms with E-state index in [0.29, 0.717) is 12.1 Å². The van der Waals surface area contributed by atoms with Gasteiger partial charge in [-0.15, -0.1) is 24.4 Å². The lowest BCUT2D eigenvalue weighted by atomic mass is 10.1. The normalized spacial score (nSPS) is 14.3. The van der Waals surface area contributed by atoms with Crippen LogP contribution < -0.4 is 11.1 Å². The minimum absolute atomic E-state index is 0.130. The number of nitrogens with one attached hydrogen (secondary N) is 1. The molecule has 2 nitrogen and oxygen atoms in total. The van der Waals surface area contributed by atoms with Gasteiger partial charge in [-0.2, -0.15) is 52.7 Å². The van der Waals surface area contributed by atoms with Crippen LogP contribution in [0.4, 0.5) is 64.1 Å². The molecule has 2 rings (SSSR count). The molecule has 2 aromatic carbocycles. The second-order valence-corrected chi connectivity index (χ2v) is 8.67. The Labute approximate surface area is 193 Å². The van der Waals surface area contributed by atoms with Crippen molar-refractivity contribution < 1.29 is 52.7 Å². The SMILES string of the molecule is CC(Nc1c(C(F)(F)F)cc(S)cc1C(F)(F)F)Sc1cc(C(F)(F)F)c(N)c(C(F)(F)F)c1. The number of anilines is 2. The van der Waals surface area contributed by atoms with Gasteiger partial charge in [0.25, 0.3) is 0 Å². The summed E-state index contributed by atoms with van der Waals surface area (Å²) in [4.78, 5) is -1.42.